The van der Waals surface area contributed by atoms with Gasteiger partial charge in [0.1, 0.15) is 12.1 Å². The quantitative estimate of drug-likeness (QED) is 0.411. The molecule has 3 heteroatoms. The Morgan fingerprint density at radius 3 is 2.28 bits per heavy atom. The van der Waals surface area contributed by atoms with Crippen LogP contribution in [0, 0.1) is 33.5 Å². The van der Waals surface area contributed by atoms with E-state index in [9.17, 15) is 4.39 Å². The first-order valence-corrected chi connectivity index (χ1v) is 8.37. The van der Waals surface area contributed by atoms with Crippen LogP contribution in [-0.2, 0) is 0 Å². The van der Waals surface area contributed by atoms with Gasteiger partial charge >= 0.3 is 0 Å². The minimum absolute atomic E-state index is 0.161. The summed E-state index contributed by atoms with van der Waals surface area (Å²) in [5.74, 6) is -0.161. The molecule has 1 aromatic heterocycles. The molecule has 4 aromatic rings. The largest absolute Gasteiger partial charge is 0.236 e. The van der Waals surface area contributed by atoms with Crippen molar-refractivity contribution in [3.63, 3.8) is 0 Å². The molecule has 0 bridgehead atoms. The van der Waals surface area contributed by atoms with Gasteiger partial charge in [0.15, 0.2) is 0 Å². The summed E-state index contributed by atoms with van der Waals surface area (Å²) in [6, 6.07) is 12.4. The summed E-state index contributed by atoms with van der Waals surface area (Å²) in [5, 5.41) is 2.83. The minimum atomic E-state index is -0.161. The molecular weight excluding hydrogens is 311 g/mol. The summed E-state index contributed by atoms with van der Waals surface area (Å²) in [4.78, 5) is 9.03. The SMILES string of the molecule is Cc1cc(C)cc(-c2ncnc3c2ccc2cc(C)c(F)c(C)c23)c1. The Morgan fingerprint density at radius 1 is 0.840 bits per heavy atom. The van der Waals surface area contributed by atoms with Gasteiger partial charge in [-0.2, -0.15) is 0 Å². The number of aryl methyl sites for hydroxylation is 4. The van der Waals surface area contributed by atoms with Crippen molar-refractivity contribution in [1.29, 1.82) is 0 Å². The molecule has 0 amide bonds. The van der Waals surface area contributed by atoms with Crippen molar-refractivity contribution in [3.8, 4) is 11.3 Å². The van der Waals surface area contributed by atoms with Crippen LogP contribution in [0.25, 0.3) is 32.9 Å². The lowest BCUT2D eigenvalue weighted by atomic mass is 9.96. The molecule has 0 aliphatic carbocycles. The highest BCUT2D eigenvalue weighted by atomic mass is 19.1. The first kappa shape index (κ1) is 15.7. The third kappa shape index (κ3) is 2.47. The van der Waals surface area contributed by atoms with Crippen molar-refractivity contribution in [2.45, 2.75) is 27.7 Å². The minimum Gasteiger partial charge on any atom is -0.236 e. The first-order valence-electron chi connectivity index (χ1n) is 8.37. The van der Waals surface area contributed by atoms with Crippen LogP contribution in [0.15, 0.2) is 42.7 Å². The Bertz CT molecular complexity index is 1130. The molecule has 0 aliphatic rings. The predicted octanol–water partition coefficient (Wildman–Crippen LogP) is 5.82. The zero-order valence-electron chi connectivity index (χ0n) is 14.8. The number of aromatic nitrogens is 2. The number of nitrogens with zero attached hydrogens (tertiary/aromatic N) is 2. The van der Waals surface area contributed by atoms with Crippen LogP contribution in [0.2, 0.25) is 0 Å². The number of halogens is 1. The molecule has 0 spiro atoms. The highest BCUT2D eigenvalue weighted by Crippen LogP contribution is 2.34. The third-order valence-electron chi connectivity index (χ3n) is 4.76. The Morgan fingerprint density at radius 2 is 1.56 bits per heavy atom. The van der Waals surface area contributed by atoms with E-state index in [2.05, 4.69) is 42.0 Å². The van der Waals surface area contributed by atoms with Crippen molar-refractivity contribution in [2.24, 2.45) is 0 Å². The van der Waals surface area contributed by atoms with E-state index in [1.807, 2.05) is 25.1 Å². The van der Waals surface area contributed by atoms with Crippen molar-refractivity contribution < 1.29 is 4.39 Å². The van der Waals surface area contributed by atoms with E-state index in [0.717, 1.165) is 32.9 Å². The summed E-state index contributed by atoms with van der Waals surface area (Å²) in [6.07, 6.45) is 1.58. The van der Waals surface area contributed by atoms with E-state index in [0.29, 0.717) is 11.1 Å². The molecule has 124 valence electrons. The average Bonchev–Trinajstić information content (AvgIpc) is 2.57. The van der Waals surface area contributed by atoms with Gasteiger partial charge in [-0.25, -0.2) is 14.4 Å². The van der Waals surface area contributed by atoms with E-state index in [1.165, 1.54) is 11.1 Å². The summed E-state index contributed by atoms with van der Waals surface area (Å²) in [6.45, 7) is 7.78. The van der Waals surface area contributed by atoms with E-state index < -0.39 is 0 Å². The van der Waals surface area contributed by atoms with E-state index in [1.54, 1.807) is 13.3 Å². The third-order valence-corrected chi connectivity index (χ3v) is 4.76. The molecule has 0 saturated carbocycles. The molecule has 0 saturated heterocycles. The standard InChI is InChI=1S/C22H19FN2/c1-12-7-13(2)9-17(8-12)21-18-6-5-16-10-14(3)20(23)15(4)19(16)22(18)25-11-24-21/h5-11H,1-4H3. The summed E-state index contributed by atoms with van der Waals surface area (Å²) in [7, 11) is 0. The van der Waals surface area contributed by atoms with Gasteiger partial charge in [-0.3, -0.25) is 0 Å². The molecule has 0 atom stereocenters. The van der Waals surface area contributed by atoms with Crippen LogP contribution in [-0.4, -0.2) is 9.97 Å². The van der Waals surface area contributed by atoms with Crippen LogP contribution in [0.5, 0.6) is 0 Å². The lowest BCUT2D eigenvalue weighted by Gasteiger charge is -2.12. The van der Waals surface area contributed by atoms with Crippen molar-refractivity contribution in [2.75, 3.05) is 0 Å². The summed E-state index contributed by atoms with van der Waals surface area (Å²) >= 11 is 0. The first-order chi connectivity index (χ1) is 12.0. The number of fused-ring (bicyclic) bond motifs is 3. The smallest absolute Gasteiger partial charge is 0.129 e. The average molecular weight is 330 g/mol. The molecule has 2 nitrogen and oxygen atoms in total. The molecule has 0 aliphatic heterocycles. The van der Waals surface area contributed by atoms with Gasteiger partial charge in [-0.15, -0.1) is 0 Å². The van der Waals surface area contributed by atoms with Crippen molar-refractivity contribution in [3.05, 3.63) is 70.8 Å². The van der Waals surface area contributed by atoms with E-state index in [-0.39, 0.29) is 5.82 Å². The van der Waals surface area contributed by atoms with Gasteiger partial charge in [0.05, 0.1) is 11.2 Å². The maximum absolute atomic E-state index is 14.5. The van der Waals surface area contributed by atoms with E-state index >= 15 is 0 Å². The van der Waals surface area contributed by atoms with Crippen LogP contribution in [0.1, 0.15) is 22.3 Å². The van der Waals surface area contributed by atoms with Crippen LogP contribution < -0.4 is 0 Å². The van der Waals surface area contributed by atoms with Crippen LogP contribution >= 0.6 is 0 Å². The monoisotopic (exact) mass is 330 g/mol. The van der Waals surface area contributed by atoms with Gasteiger partial charge in [0.25, 0.3) is 0 Å². The van der Waals surface area contributed by atoms with E-state index in [4.69, 9.17) is 0 Å². The lowest BCUT2D eigenvalue weighted by Crippen LogP contribution is -1.95. The number of hydrogen-bond acceptors (Lipinski definition) is 2. The van der Waals surface area contributed by atoms with Gasteiger partial charge < -0.3 is 0 Å². The topological polar surface area (TPSA) is 25.8 Å². The van der Waals surface area contributed by atoms with Crippen molar-refractivity contribution in [1.82, 2.24) is 9.97 Å². The van der Waals surface area contributed by atoms with Crippen LogP contribution in [0.4, 0.5) is 4.39 Å². The second-order valence-electron chi connectivity index (χ2n) is 6.79. The van der Waals surface area contributed by atoms with Crippen LogP contribution in [0.3, 0.4) is 0 Å². The lowest BCUT2D eigenvalue weighted by molar-refractivity contribution is 0.612. The Balaban J connectivity index is 2.12. The fourth-order valence-electron chi connectivity index (χ4n) is 3.70. The Hall–Kier alpha value is -2.81. The number of hydrogen-bond donors (Lipinski definition) is 0. The van der Waals surface area contributed by atoms with Gasteiger partial charge in [-0.1, -0.05) is 23.3 Å². The molecule has 0 fully saturated rings. The molecular formula is C22H19FN2. The van der Waals surface area contributed by atoms with Crippen molar-refractivity contribution >= 4 is 21.7 Å². The molecule has 0 radical (unpaired) electrons. The number of rotatable bonds is 1. The van der Waals surface area contributed by atoms with Gasteiger partial charge in [0, 0.05) is 16.3 Å². The highest BCUT2D eigenvalue weighted by molar-refractivity contribution is 6.10. The fourth-order valence-corrected chi connectivity index (χ4v) is 3.70. The molecule has 4 rings (SSSR count). The second-order valence-corrected chi connectivity index (χ2v) is 6.79. The maximum Gasteiger partial charge on any atom is 0.129 e. The van der Waals surface area contributed by atoms with Gasteiger partial charge in [0.2, 0.25) is 0 Å². The maximum atomic E-state index is 14.5. The zero-order chi connectivity index (χ0) is 17.7. The molecule has 3 aromatic carbocycles. The van der Waals surface area contributed by atoms with Gasteiger partial charge in [-0.05, 0) is 68.5 Å². The zero-order valence-corrected chi connectivity index (χ0v) is 14.8. The molecule has 25 heavy (non-hydrogen) atoms. The Kier molecular flexibility index (Phi) is 3.53. The second kappa shape index (κ2) is 5.62. The summed E-state index contributed by atoms with van der Waals surface area (Å²) in [5.41, 5.74) is 6.45. The molecule has 1 heterocycles. The molecule has 0 unspecified atom stereocenters. The highest BCUT2D eigenvalue weighted by Gasteiger charge is 2.14. The summed E-state index contributed by atoms with van der Waals surface area (Å²) < 4.78 is 14.5. The normalized spacial score (nSPS) is 11.4. The number of benzene rings is 3. The fraction of sp³-hybridized carbons (Fsp3) is 0.182. The predicted molar refractivity (Wildman–Crippen MR) is 101 cm³/mol. The Labute approximate surface area is 146 Å². The molecule has 0 N–H and O–H groups in total.